The first-order chi connectivity index (χ1) is 10.4. The summed E-state index contributed by atoms with van der Waals surface area (Å²) < 4.78 is 42.3. The number of nitrogens with one attached hydrogen (secondary N) is 2. The number of benzene rings is 1. The third kappa shape index (κ3) is 5.42. The molecule has 1 aliphatic rings. The maximum atomic E-state index is 14.3. The number of carbonyl (C=O) groups is 1. The third-order valence-electron chi connectivity index (χ3n) is 3.43. The van der Waals surface area contributed by atoms with Crippen LogP contribution in [0.25, 0.3) is 0 Å². The normalized spacial score (nSPS) is 13.8. The van der Waals surface area contributed by atoms with Crippen molar-refractivity contribution in [3.8, 4) is 0 Å². The molecule has 130 valence electrons. The molecule has 6 nitrogen and oxygen atoms in total. The van der Waals surface area contributed by atoms with Gasteiger partial charge in [-0.25, -0.2) is 12.8 Å². The van der Waals surface area contributed by atoms with Crippen LogP contribution in [-0.2, 0) is 32.3 Å². The Kier molecular flexibility index (Phi) is 7.40. The van der Waals surface area contributed by atoms with E-state index in [0.717, 1.165) is 5.56 Å². The Morgan fingerprint density at radius 3 is 2.87 bits per heavy atom. The molecular weight excluding hydrogens is 347 g/mol. The lowest BCUT2D eigenvalue weighted by molar-refractivity contribution is -0.113. The van der Waals surface area contributed by atoms with Crippen LogP contribution < -0.4 is 10.6 Å². The molecule has 23 heavy (non-hydrogen) atoms. The van der Waals surface area contributed by atoms with Crippen LogP contribution in [0.15, 0.2) is 12.1 Å². The lowest BCUT2D eigenvalue weighted by Gasteiger charge is -2.19. The van der Waals surface area contributed by atoms with E-state index in [0.29, 0.717) is 25.1 Å². The second-order valence-electron chi connectivity index (χ2n) is 5.12. The van der Waals surface area contributed by atoms with E-state index in [2.05, 4.69) is 15.4 Å². The van der Waals surface area contributed by atoms with E-state index in [-0.39, 0.29) is 30.5 Å². The zero-order valence-electron chi connectivity index (χ0n) is 12.7. The predicted molar refractivity (Wildman–Crippen MR) is 88.2 cm³/mol. The Morgan fingerprint density at radius 1 is 1.43 bits per heavy atom. The number of ether oxygens (including phenoxy) is 1. The van der Waals surface area contributed by atoms with Gasteiger partial charge in [0.25, 0.3) is 0 Å². The van der Waals surface area contributed by atoms with E-state index in [4.69, 9.17) is 0 Å². The number of amides is 1. The lowest BCUT2D eigenvalue weighted by atomic mass is 9.99. The van der Waals surface area contributed by atoms with Gasteiger partial charge in [0.1, 0.15) is 11.6 Å². The van der Waals surface area contributed by atoms with Crippen LogP contribution in [0, 0.1) is 5.82 Å². The van der Waals surface area contributed by atoms with Crippen LogP contribution in [-0.4, -0.2) is 46.1 Å². The van der Waals surface area contributed by atoms with Gasteiger partial charge in [0.05, 0.1) is 18.0 Å². The standard InChI is InChI=1S/C14H19FN2O4S.ClH/c1-21-6-7-22(19,20)9-13(18)17-12-3-2-10-8-16-5-4-11(10)14(12)15;/h2-3,16H,4-9H2,1H3,(H,17,18);1H. The van der Waals surface area contributed by atoms with E-state index < -0.39 is 27.3 Å². The summed E-state index contributed by atoms with van der Waals surface area (Å²) in [5, 5.41) is 5.47. The number of carbonyl (C=O) groups excluding carboxylic acids is 1. The highest BCUT2D eigenvalue weighted by Crippen LogP contribution is 2.24. The molecule has 1 aromatic carbocycles. The van der Waals surface area contributed by atoms with Gasteiger partial charge in [-0.3, -0.25) is 4.79 Å². The van der Waals surface area contributed by atoms with E-state index in [1.807, 2.05) is 0 Å². The molecule has 0 unspecified atom stereocenters. The molecule has 0 radical (unpaired) electrons. The highest BCUT2D eigenvalue weighted by molar-refractivity contribution is 7.92. The Bertz CT molecular complexity index is 667. The number of sulfone groups is 1. The van der Waals surface area contributed by atoms with Gasteiger partial charge in [-0.1, -0.05) is 6.07 Å². The van der Waals surface area contributed by atoms with Crippen LogP contribution in [0.2, 0.25) is 0 Å². The number of halogens is 2. The van der Waals surface area contributed by atoms with Gasteiger partial charge < -0.3 is 15.4 Å². The first-order valence-electron chi connectivity index (χ1n) is 6.93. The summed E-state index contributed by atoms with van der Waals surface area (Å²) >= 11 is 0. The van der Waals surface area contributed by atoms with Crippen molar-refractivity contribution in [1.29, 1.82) is 0 Å². The largest absolute Gasteiger partial charge is 0.384 e. The van der Waals surface area contributed by atoms with E-state index >= 15 is 0 Å². The number of anilines is 1. The fourth-order valence-electron chi connectivity index (χ4n) is 2.30. The average molecular weight is 367 g/mol. The Labute approximate surface area is 141 Å². The minimum atomic E-state index is -3.56. The first-order valence-corrected chi connectivity index (χ1v) is 8.75. The van der Waals surface area contributed by atoms with Crippen molar-refractivity contribution >= 4 is 33.8 Å². The molecule has 2 N–H and O–H groups in total. The van der Waals surface area contributed by atoms with Crippen LogP contribution in [0.3, 0.4) is 0 Å². The molecule has 1 amide bonds. The SMILES string of the molecule is COCCS(=O)(=O)CC(=O)Nc1ccc2c(c1F)CCNC2.Cl. The molecule has 0 saturated heterocycles. The second kappa shape index (κ2) is 8.58. The average Bonchev–Trinajstić information content (AvgIpc) is 2.48. The minimum absolute atomic E-state index is 0. The van der Waals surface area contributed by atoms with Crippen LogP contribution in [0.5, 0.6) is 0 Å². The quantitative estimate of drug-likeness (QED) is 0.781. The summed E-state index contributed by atoms with van der Waals surface area (Å²) in [4.78, 5) is 11.8. The van der Waals surface area contributed by atoms with Crippen LogP contribution >= 0.6 is 12.4 Å². The maximum Gasteiger partial charge on any atom is 0.239 e. The van der Waals surface area contributed by atoms with Crippen molar-refractivity contribution in [1.82, 2.24) is 5.32 Å². The van der Waals surface area contributed by atoms with Gasteiger partial charge >= 0.3 is 0 Å². The number of methoxy groups -OCH3 is 1. The minimum Gasteiger partial charge on any atom is -0.384 e. The van der Waals surface area contributed by atoms with Crippen molar-refractivity contribution in [2.75, 3.05) is 37.1 Å². The van der Waals surface area contributed by atoms with Crippen molar-refractivity contribution in [2.24, 2.45) is 0 Å². The van der Waals surface area contributed by atoms with Gasteiger partial charge in [0, 0.05) is 13.7 Å². The summed E-state index contributed by atoms with van der Waals surface area (Å²) in [6.07, 6.45) is 0.539. The molecule has 0 aromatic heterocycles. The summed E-state index contributed by atoms with van der Waals surface area (Å²) in [6, 6.07) is 3.19. The molecular formula is C14H20ClFN2O4S. The number of hydrogen-bond acceptors (Lipinski definition) is 5. The monoisotopic (exact) mass is 366 g/mol. The van der Waals surface area contributed by atoms with Crippen LogP contribution in [0.1, 0.15) is 11.1 Å². The molecule has 0 atom stereocenters. The predicted octanol–water partition coefficient (Wildman–Crippen LogP) is 0.893. The van der Waals surface area contributed by atoms with Crippen molar-refractivity contribution < 1.29 is 22.3 Å². The third-order valence-corrected chi connectivity index (χ3v) is 4.92. The zero-order chi connectivity index (χ0) is 16.2. The first kappa shape index (κ1) is 19.8. The Morgan fingerprint density at radius 2 is 2.17 bits per heavy atom. The molecule has 0 aliphatic carbocycles. The Hall–Kier alpha value is -1.22. The maximum absolute atomic E-state index is 14.3. The van der Waals surface area contributed by atoms with E-state index in [9.17, 15) is 17.6 Å². The van der Waals surface area contributed by atoms with E-state index in [1.54, 1.807) is 6.07 Å². The zero-order valence-corrected chi connectivity index (χ0v) is 14.4. The number of hydrogen-bond donors (Lipinski definition) is 2. The number of rotatable bonds is 6. The van der Waals surface area contributed by atoms with Gasteiger partial charge in [0.15, 0.2) is 9.84 Å². The smallest absolute Gasteiger partial charge is 0.239 e. The molecule has 0 spiro atoms. The van der Waals surface area contributed by atoms with Crippen molar-refractivity contribution in [3.05, 3.63) is 29.1 Å². The topological polar surface area (TPSA) is 84.5 Å². The number of fused-ring (bicyclic) bond motifs is 1. The Balaban J connectivity index is 0.00000264. The fraction of sp³-hybridized carbons (Fsp3) is 0.500. The second-order valence-corrected chi connectivity index (χ2v) is 7.31. The molecule has 9 heteroatoms. The summed E-state index contributed by atoms with van der Waals surface area (Å²) in [5.41, 5.74) is 1.45. The van der Waals surface area contributed by atoms with E-state index in [1.165, 1.54) is 13.2 Å². The molecule has 1 aromatic rings. The van der Waals surface area contributed by atoms with Gasteiger partial charge in [-0.05, 0) is 30.2 Å². The van der Waals surface area contributed by atoms with Crippen molar-refractivity contribution in [2.45, 2.75) is 13.0 Å². The fourth-order valence-corrected chi connectivity index (χ4v) is 3.34. The van der Waals surface area contributed by atoms with Gasteiger partial charge in [0.2, 0.25) is 5.91 Å². The molecule has 0 saturated carbocycles. The van der Waals surface area contributed by atoms with Gasteiger partial charge in [-0.15, -0.1) is 12.4 Å². The molecule has 1 aliphatic heterocycles. The summed E-state index contributed by atoms with van der Waals surface area (Å²) in [7, 11) is -2.18. The molecule has 0 bridgehead atoms. The molecule has 2 rings (SSSR count). The molecule has 1 heterocycles. The highest BCUT2D eigenvalue weighted by atomic mass is 35.5. The van der Waals surface area contributed by atoms with Crippen molar-refractivity contribution in [3.63, 3.8) is 0 Å². The molecule has 0 fully saturated rings. The van der Waals surface area contributed by atoms with Crippen LogP contribution in [0.4, 0.5) is 10.1 Å². The lowest BCUT2D eigenvalue weighted by Crippen LogP contribution is -2.28. The summed E-state index contributed by atoms with van der Waals surface area (Å²) in [5.74, 6) is -2.16. The summed E-state index contributed by atoms with van der Waals surface area (Å²) in [6.45, 7) is 1.29. The van der Waals surface area contributed by atoms with Gasteiger partial charge in [-0.2, -0.15) is 0 Å². The highest BCUT2D eigenvalue weighted by Gasteiger charge is 2.20.